The average Bonchev–Trinajstić information content (AvgIpc) is 3.00. The maximum absolute atomic E-state index is 12.3. The Kier molecular flexibility index (Phi) is 4.73. The lowest BCUT2D eigenvalue weighted by Crippen LogP contribution is -2.37. The van der Waals surface area contributed by atoms with E-state index in [1.54, 1.807) is 11.3 Å². The molecule has 0 bridgehead atoms. The number of benzene rings is 1. The Bertz CT molecular complexity index is 654. The van der Waals surface area contributed by atoms with Crippen LogP contribution < -0.4 is 10.1 Å². The zero-order valence-electron chi connectivity index (χ0n) is 12.7. The molecule has 5 heteroatoms. The third-order valence-electron chi connectivity index (χ3n) is 3.76. The van der Waals surface area contributed by atoms with Crippen molar-refractivity contribution in [3.05, 3.63) is 45.9 Å². The summed E-state index contributed by atoms with van der Waals surface area (Å²) in [5.41, 5.74) is 2.05. The lowest BCUT2D eigenvalue weighted by Gasteiger charge is -2.24. The van der Waals surface area contributed by atoms with Crippen molar-refractivity contribution in [1.82, 2.24) is 10.3 Å². The fraction of sp³-hybridized carbons (Fsp3) is 0.412. The van der Waals surface area contributed by atoms with Gasteiger partial charge in [-0.25, -0.2) is 4.98 Å². The minimum absolute atomic E-state index is 0.0412. The van der Waals surface area contributed by atoms with Crippen LogP contribution in [0.3, 0.4) is 0 Å². The molecule has 0 spiro atoms. The highest BCUT2D eigenvalue weighted by molar-refractivity contribution is 7.09. The van der Waals surface area contributed by atoms with Crippen molar-refractivity contribution in [3.63, 3.8) is 0 Å². The van der Waals surface area contributed by atoms with Gasteiger partial charge in [0.1, 0.15) is 12.4 Å². The predicted octanol–water partition coefficient (Wildman–Crippen LogP) is 2.96. The van der Waals surface area contributed by atoms with Crippen molar-refractivity contribution >= 4 is 17.2 Å². The molecule has 2 aromatic rings. The van der Waals surface area contributed by atoms with E-state index in [1.807, 2.05) is 29.6 Å². The van der Waals surface area contributed by atoms with E-state index in [2.05, 4.69) is 17.2 Å². The van der Waals surface area contributed by atoms with E-state index >= 15 is 0 Å². The summed E-state index contributed by atoms with van der Waals surface area (Å²) in [5.74, 6) is 0.818. The summed E-state index contributed by atoms with van der Waals surface area (Å²) in [5, 5.41) is 6.15. The smallest absolute Gasteiger partial charge is 0.227 e. The Morgan fingerprint density at radius 3 is 3.18 bits per heavy atom. The summed E-state index contributed by atoms with van der Waals surface area (Å²) < 4.78 is 5.67. The van der Waals surface area contributed by atoms with Crippen LogP contribution in [0.15, 0.2) is 29.6 Å². The number of carbonyl (C=O) groups is 1. The molecule has 1 N–H and O–H groups in total. The average molecular weight is 316 g/mol. The van der Waals surface area contributed by atoms with Gasteiger partial charge in [-0.2, -0.15) is 0 Å². The number of ether oxygens (including phenoxy) is 1. The fourth-order valence-electron chi connectivity index (χ4n) is 2.58. The maximum Gasteiger partial charge on any atom is 0.227 e. The molecule has 1 amide bonds. The largest absolute Gasteiger partial charge is 0.492 e. The van der Waals surface area contributed by atoms with Gasteiger partial charge in [0, 0.05) is 5.38 Å². The molecule has 0 saturated heterocycles. The van der Waals surface area contributed by atoms with Crippen LogP contribution in [0.25, 0.3) is 0 Å². The molecule has 1 atom stereocenters. The highest BCUT2D eigenvalue weighted by Crippen LogP contribution is 2.26. The van der Waals surface area contributed by atoms with Crippen LogP contribution in [0.1, 0.15) is 29.6 Å². The molecule has 1 aliphatic heterocycles. The van der Waals surface area contributed by atoms with Gasteiger partial charge < -0.3 is 10.1 Å². The van der Waals surface area contributed by atoms with Crippen molar-refractivity contribution in [2.45, 2.75) is 32.7 Å². The van der Waals surface area contributed by atoms with Crippen LogP contribution in [0, 0.1) is 5.92 Å². The molecule has 0 saturated carbocycles. The van der Waals surface area contributed by atoms with Crippen LogP contribution in [0.4, 0.5) is 0 Å². The number of nitrogens with zero attached hydrogens (tertiary/aromatic N) is 1. The topological polar surface area (TPSA) is 51.2 Å². The van der Waals surface area contributed by atoms with Gasteiger partial charge in [0.2, 0.25) is 5.91 Å². The molecule has 0 aliphatic carbocycles. The molecule has 0 radical (unpaired) electrons. The number of thiazole rings is 1. The Balaban J connectivity index is 1.54. The molecule has 1 aromatic carbocycles. The summed E-state index contributed by atoms with van der Waals surface area (Å²) in [6, 6.07) is 7.91. The van der Waals surface area contributed by atoms with Gasteiger partial charge in [-0.1, -0.05) is 25.1 Å². The van der Waals surface area contributed by atoms with Gasteiger partial charge in [-0.05, 0) is 30.9 Å². The normalized spacial score (nSPS) is 16.7. The molecule has 1 aliphatic rings. The summed E-state index contributed by atoms with van der Waals surface area (Å²) in [6.07, 6.45) is 2.84. The first-order valence-corrected chi connectivity index (χ1v) is 8.56. The van der Waals surface area contributed by atoms with Crippen molar-refractivity contribution in [2.24, 2.45) is 5.92 Å². The number of hydrogen-bond acceptors (Lipinski definition) is 4. The fourth-order valence-corrected chi connectivity index (χ4v) is 3.48. The number of aryl methyl sites for hydroxylation is 1. The molecule has 116 valence electrons. The zero-order chi connectivity index (χ0) is 15.4. The van der Waals surface area contributed by atoms with Crippen molar-refractivity contribution in [3.8, 4) is 5.75 Å². The first kappa shape index (κ1) is 15.0. The van der Waals surface area contributed by atoms with Gasteiger partial charge in [-0.15, -0.1) is 11.3 Å². The van der Waals surface area contributed by atoms with Gasteiger partial charge in [0.05, 0.1) is 23.2 Å². The highest BCUT2D eigenvalue weighted by Gasteiger charge is 2.25. The van der Waals surface area contributed by atoms with Crippen LogP contribution >= 0.6 is 11.3 Å². The van der Waals surface area contributed by atoms with E-state index in [9.17, 15) is 4.79 Å². The van der Waals surface area contributed by atoms with Gasteiger partial charge in [-0.3, -0.25) is 4.79 Å². The summed E-state index contributed by atoms with van der Waals surface area (Å²) in [4.78, 5) is 16.8. The standard InChI is InChI=1S/C17H20N2O2S/c1-2-5-16-19-14(11-22-16)9-18-17(20)13-8-12-6-3-4-7-15(12)21-10-13/h3-4,6-7,11,13H,2,5,8-10H2,1H3,(H,18,20)/t13-/m0/s1. The minimum Gasteiger partial charge on any atom is -0.492 e. The van der Waals surface area contributed by atoms with Crippen LogP contribution in [-0.2, 0) is 24.2 Å². The van der Waals surface area contributed by atoms with Crippen LogP contribution in [-0.4, -0.2) is 17.5 Å². The second-order valence-corrected chi connectivity index (χ2v) is 6.46. The quantitative estimate of drug-likeness (QED) is 0.922. The van der Waals surface area contributed by atoms with E-state index in [0.29, 0.717) is 13.2 Å². The predicted molar refractivity (Wildman–Crippen MR) is 87.1 cm³/mol. The molecule has 4 nitrogen and oxygen atoms in total. The number of carbonyl (C=O) groups excluding carboxylic acids is 1. The Labute approximate surface area is 134 Å². The second-order valence-electron chi connectivity index (χ2n) is 5.52. The molecule has 3 rings (SSSR count). The van der Waals surface area contributed by atoms with Crippen molar-refractivity contribution in [2.75, 3.05) is 6.61 Å². The monoisotopic (exact) mass is 316 g/mol. The zero-order valence-corrected chi connectivity index (χ0v) is 13.5. The number of rotatable bonds is 5. The van der Waals surface area contributed by atoms with Crippen molar-refractivity contribution < 1.29 is 9.53 Å². The number of para-hydroxylation sites is 1. The lowest BCUT2D eigenvalue weighted by atomic mass is 9.96. The molecular formula is C17H20N2O2S. The number of fused-ring (bicyclic) bond motifs is 1. The Hall–Kier alpha value is -1.88. The summed E-state index contributed by atoms with van der Waals surface area (Å²) >= 11 is 1.66. The number of nitrogens with one attached hydrogen (secondary N) is 1. The lowest BCUT2D eigenvalue weighted by molar-refractivity contribution is -0.126. The molecular weight excluding hydrogens is 296 g/mol. The number of aromatic nitrogens is 1. The van der Waals surface area contributed by atoms with Gasteiger partial charge in [0.15, 0.2) is 0 Å². The number of hydrogen-bond donors (Lipinski definition) is 1. The number of amides is 1. The maximum atomic E-state index is 12.3. The summed E-state index contributed by atoms with van der Waals surface area (Å²) in [6.45, 7) is 3.09. The third-order valence-corrected chi connectivity index (χ3v) is 4.71. The molecule has 22 heavy (non-hydrogen) atoms. The van der Waals surface area contributed by atoms with E-state index in [4.69, 9.17) is 4.74 Å². The Morgan fingerprint density at radius 2 is 2.32 bits per heavy atom. The second kappa shape index (κ2) is 6.92. The van der Waals surface area contributed by atoms with E-state index < -0.39 is 0 Å². The SMILES string of the molecule is CCCc1nc(CNC(=O)[C@@H]2COc3ccccc3C2)cs1. The molecule has 0 fully saturated rings. The van der Waals surface area contributed by atoms with Gasteiger partial charge >= 0.3 is 0 Å². The van der Waals surface area contributed by atoms with Crippen LogP contribution in [0.2, 0.25) is 0 Å². The highest BCUT2D eigenvalue weighted by atomic mass is 32.1. The molecule has 2 heterocycles. The molecule has 0 unspecified atom stereocenters. The van der Waals surface area contributed by atoms with E-state index in [0.717, 1.165) is 41.3 Å². The van der Waals surface area contributed by atoms with Crippen molar-refractivity contribution in [1.29, 1.82) is 0 Å². The van der Waals surface area contributed by atoms with Gasteiger partial charge in [0.25, 0.3) is 0 Å². The summed E-state index contributed by atoms with van der Waals surface area (Å²) in [7, 11) is 0. The van der Waals surface area contributed by atoms with Crippen LogP contribution in [0.5, 0.6) is 5.75 Å². The Morgan fingerprint density at radius 1 is 1.45 bits per heavy atom. The first-order chi connectivity index (χ1) is 10.8. The third kappa shape index (κ3) is 3.47. The minimum atomic E-state index is -0.122. The van der Waals surface area contributed by atoms with E-state index in [1.165, 1.54) is 0 Å². The first-order valence-electron chi connectivity index (χ1n) is 7.68. The van der Waals surface area contributed by atoms with E-state index in [-0.39, 0.29) is 11.8 Å². The molecule has 1 aromatic heterocycles.